The van der Waals surface area contributed by atoms with Gasteiger partial charge in [-0.15, -0.1) is 0 Å². The first-order chi connectivity index (χ1) is 6.76. The van der Waals surface area contributed by atoms with Crippen LogP contribution in [0.4, 0.5) is 5.69 Å². The van der Waals surface area contributed by atoms with Crippen LogP contribution < -0.4 is 5.32 Å². The Hall–Kier alpha value is -0.830. The molecule has 0 radical (unpaired) electrons. The van der Waals surface area contributed by atoms with Crippen LogP contribution in [0.1, 0.15) is 11.3 Å². The highest BCUT2D eigenvalue weighted by atomic mass is 35.5. The molecule has 1 fully saturated rings. The Labute approximate surface area is 90.3 Å². The highest BCUT2D eigenvalue weighted by Gasteiger charge is 2.37. The van der Waals surface area contributed by atoms with E-state index in [1.807, 2.05) is 6.07 Å². The highest BCUT2D eigenvalue weighted by molar-refractivity contribution is 7.07. The molecule has 2 atom stereocenters. The first-order valence-electron chi connectivity index (χ1n) is 4.19. The summed E-state index contributed by atoms with van der Waals surface area (Å²) in [5.74, 6) is 0.289. The molecule has 1 aliphatic rings. The van der Waals surface area contributed by atoms with E-state index in [-0.39, 0.29) is 18.6 Å². The first kappa shape index (κ1) is 9.71. The fourth-order valence-electron chi connectivity index (χ4n) is 1.28. The number of aliphatic hydroxyl groups excluding tert-OH is 1. The van der Waals surface area contributed by atoms with Crippen molar-refractivity contribution in [1.82, 2.24) is 4.37 Å². The summed E-state index contributed by atoms with van der Waals surface area (Å²) in [4.78, 5) is 0.499. The van der Waals surface area contributed by atoms with Crippen LogP contribution in [-0.2, 0) is 0 Å². The van der Waals surface area contributed by atoms with Gasteiger partial charge in [-0.1, -0.05) is 11.6 Å². The van der Waals surface area contributed by atoms with Crippen LogP contribution in [0.2, 0.25) is 5.15 Å². The van der Waals surface area contributed by atoms with Gasteiger partial charge in [-0.05, 0) is 18.0 Å². The molecule has 0 spiro atoms. The third-order valence-corrected chi connectivity index (χ3v) is 3.36. The van der Waals surface area contributed by atoms with E-state index in [4.69, 9.17) is 22.0 Å². The number of rotatable bonds is 3. The summed E-state index contributed by atoms with van der Waals surface area (Å²) < 4.78 is 3.88. The fourth-order valence-corrected chi connectivity index (χ4v) is 2.14. The van der Waals surface area contributed by atoms with Crippen molar-refractivity contribution in [2.24, 2.45) is 5.92 Å². The minimum atomic E-state index is 0.175. The van der Waals surface area contributed by atoms with Gasteiger partial charge in [0, 0.05) is 18.6 Å². The molecule has 74 valence electrons. The number of hydrogen-bond acceptors (Lipinski definition) is 5. The predicted molar refractivity (Wildman–Crippen MR) is 54.4 cm³/mol. The molecule has 6 heteroatoms. The van der Waals surface area contributed by atoms with Gasteiger partial charge in [0.15, 0.2) is 5.15 Å². The Balaban J connectivity index is 2.10. The van der Waals surface area contributed by atoms with Crippen molar-refractivity contribution in [3.63, 3.8) is 0 Å². The van der Waals surface area contributed by atoms with Gasteiger partial charge in [0.25, 0.3) is 0 Å². The van der Waals surface area contributed by atoms with Crippen molar-refractivity contribution in [3.8, 4) is 6.07 Å². The molecule has 1 aromatic rings. The molecular formula is C8H8ClN3OS. The molecule has 1 heterocycles. The molecule has 1 saturated carbocycles. The summed E-state index contributed by atoms with van der Waals surface area (Å²) in [6, 6.07) is 2.27. The molecule has 0 aromatic carbocycles. The molecule has 0 unspecified atom stereocenters. The lowest BCUT2D eigenvalue weighted by molar-refractivity contribution is 0.275. The van der Waals surface area contributed by atoms with Crippen LogP contribution in [0.25, 0.3) is 0 Å². The van der Waals surface area contributed by atoms with Gasteiger partial charge in [0.2, 0.25) is 0 Å². The summed E-state index contributed by atoms with van der Waals surface area (Å²) in [6.45, 7) is 0.175. The molecule has 0 amide bonds. The second-order valence-electron chi connectivity index (χ2n) is 3.22. The minimum absolute atomic E-state index is 0.175. The number of hydrogen-bond donors (Lipinski definition) is 2. The van der Waals surface area contributed by atoms with Crippen molar-refractivity contribution >= 4 is 28.8 Å². The second-order valence-corrected chi connectivity index (χ2v) is 4.35. The zero-order chi connectivity index (χ0) is 10.1. The maximum absolute atomic E-state index is 8.85. The van der Waals surface area contributed by atoms with E-state index in [2.05, 4.69) is 9.69 Å². The van der Waals surface area contributed by atoms with Crippen LogP contribution in [-0.4, -0.2) is 22.1 Å². The van der Waals surface area contributed by atoms with Gasteiger partial charge in [-0.3, -0.25) is 0 Å². The Kier molecular flexibility index (Phi) is 2.59. The molecule has 2 N–H and O–H groups in total. The second kappa shape index (κ2) is 3.73. The number of nitriles is 1. The maximum Gasteiger partial charge on any atom is 0.167 e. The highest BCUT2D eigenvalue weighted by Crippen LogP contribution is 2.37. The smallest absolute Gasteiger partial charge is 0.167 e. The Morgan fingerprint density at radius 3 is 3.14 bits per heavy atom. The van der Waals surface area contributed by atoms with Crippen LogP contribution in [0.15, 0.2) is 0 Å². The maximum atomic E-state index is 8.85. The van der Waals surface area contributed by atoms with Crippen molar-refractivity contribution in [2.75, 3.05) is 11.9 Å². The van der Waals surface area contributed by atoms with Crippen LogP contribution >= 0.6 is 23.1 Å². The predicted octanol–water partition coefficient (Wildman–Crippen LogP) is 1.46. The Morgan fingerprint density at radius 2 is 2.57 bits per heavy atom. The zero-order valence-electron chi connectivity index (χ0n) is 7.20. The lowest BCUT2D eigenvalue weighted by Crippen LogP contribution is -2.06. The number of aliphatic hydroxyl groups is 1. The van der Waals surface area contributed by atoms with E-state index in [0.29, 0.717) is 15.7 Å². The summed E-state index contributed by atoms with van der Waals surface area (Å²) in [6.07, 6.45) is 0.924. The lowest BCUT2D eigenvalue weighted by Gasteiger charge is -2.02. The van der Waals surface area contributed by atoms with Gasteiger partial charge in [0.05, 0.1) is 0 Å². The zero-order valence-corrected chi connectivity index (χ0v) is 8.77. The quantitative estimate of drug-likeness (QED) is 0.824. The third kappa shape index (κ3) is 1.69. The molecule has 4 nitrogen and oxygen atoms in total. The third-order valence-electron chi connectivity index (χ3n) is 2.24. The van der Waals surface area contributed by atoms with Crippen LogP contribution in [0.5, 0.6) is 0 Å². The van der Waals surface area contributed by atoms with E-state index < -0.39 is 0 Å². The van der Waals surface area contributed by atoms with Crippen molar-refractivity contribution < 1.29 is 5.11 Å². The number of nitrogens with one attached hydrogen (secondary N) is 1. The van der Waals surface area contributed by atoms with E-state index in [9.17, 15) is 0 Å². The first-order valence-corrected chi connectivity index (χ1v) is 5.34. The summed E-state index contributed by atoms with van der Waals surface area (Å²) >= 11 is 6.90. The van der Waals surface area contributed by atoms with E-state index in [1.54, 1.807) is 0 Å². The number of nitrogens with zero attached hydrogens (tertiary/aromatic N) is 2. The SMILES string of the molecule is N#Cc1snc(Cl)c1N[C@@H]1C[C@H]1CO. The number of anilines is 1. The standard InChI is InChI=1S/C8H8ClN3OS/c9-8-7(6(2-10)14-12-8)11-5-1-4(5)3-13/h4-5,11,13H,1,3H2/t4-,5+/m0/s1. The van der Waals surface area contributed by atoms with Crippen molar-refractivity contribution in [2.45, 2.75) is 12.5 Å². The van der Waals surface area contributed by atoms with Gasteiger partial charge >= 0.3 is 0 Å². The molecule has 1 aromatic heterocycles. The average Bonchev–Trinajstić information content (AvgIpc) is 2.86. The number of aromatic nitrogens is 1. The Morgan fingerprint density at radius 1 is 1.79 bits per heavy atom. The molecule has 0 bridgehead atoms. The molecule has 0 saturated heterocycles. The van der Waals surface area contributed by atoms with Gasteiger partial charge in [0.1, 0.15) is 16.6 Å². The van der Waals surface area contributed by atoms with Gasteiger partial charge in [-0.25, -0.2) is 0 Å². The van der Waals surface area contributed by atoms with Crippen molar-refractivity contribution in [3.05, 3.63) is 10.0 Å². The fraction of sp³-hybridized carbons (Fsp3) is 0.500. The number of halogens is 1. The molecular weight excluding hydrogens is 222 g/mol. The topological polar surface area (TPSA) is 68.9 Å². The Bertz CT molecular complexity index is 386. The van der Waals surface area contributed by atoms with Gasteiger partial charge < -0.3 is 10.4 Å². The molecule has 1 aliphatic carbocycles. The molecule has 2 rings (SSSR count). The summed E-state index contributed by atoms with van der Waals surface area (Å²) in [5.41, 5.74) is 0.611. The van der Waals surface area contributed by atoms with Crippen LogP contribution in [0.3, 0.4) is 0 Å². The summed E-state index contributed by atoms with van der Waals surface area (Å²) in [7, 11) is 0. The lowest BCUT2D eigenvalue weighted by atomic mass is 10.4. The summed E-state index contributed by atoms with van der Waals surface area (Å²) in [5, 5.41) is 21.1. The van der Waals surface area contributed by atoms with Crippen molar-refractivity contribution in [1.29, 1.82) is 5.26 Å². The average molecular weight is 230 g/mol. The van der Waals surface area contributed by atoms with E-state index in [0.717, 1.165) is 18.0 Å². The van der Waals surface area contributed by atoms with Gasteiger partial charge in [-0.2, -0.15) is 9.64 Å². The molecule has 0 aliphatic heterocycles. The minimum Gasteiger partial charge on any atom is -0.396 e. The normalized spacial score (nSPS) is 24.4. The van der Waals surface area contributed by atoms with Crippen LogP contribution in [0, 0.1) is 17.2 Å². The van der Waals surface area contributed by atoms with E-state index in [1.165, 1.54) is 0 Å². The molecule has 14 heavy (non-hydrogen) atoms. The monoisotopic (exact) mass is 229 g/mol. The van der Waals surface area contributed by atoms with E-state index >= 15 is 0 Å². The largest absolute Gasteiger partial charge is 0.396 e.